The molecule has 2 aliphatic heterocycles. The second-order valence-electron chi connectivity index (χ2n) is 5.87. The first-order chi connectivity index (χ1) is 9.25. The van der Waals surface area contributed by atoms with E-state index in [0.717, 1.165) is 4.77 Å². The summed E-state index contributed by atoms with van der Waals surface area (Å²) in [6, 6.07) is 7.68. The van der Waals surface area contributed by atoms with Gasteiger partial charge in [0.05, 0.1) is 17.1 Å². The molecule has 19 heavy (non-hydrogen) atoms. The smallest absolute Gasteiger partial charge is 0.178 e. The van der Waals surface area contributed by atoms with E-state index in [1.807, 2.05) is 0 Å². The summed E-state index contributed by atoms with van der Waals surface area (Å²) in [4.78, 5) is 6.03. The molecule has 2 fully saturated rings. The van der Waals surface area contributed by atoms with E-state index in [1.165, 1.54) is 48.9 Å². The third-order valence-electron chi connectivity index (χ3n) is 4.84. The number of imidazole rings is 1. The molecule has 1 N–H and O–H groups in total. The number of hydrogen-bond donors (Lipinski definition) is 1. The van der Waals surface area contributed by atoms with E-state index in [2.05, 4.69) is 39.6 Å². The second kappa shape index (κ2) is 4.18. The summed E-state index contributed by atoms with van der Waals surface area (Å²) < 4.78 is 3.29. The maximum atomic E-state index is 5.60. The van der Waals surface area contributed by atoms with Crippen molar-refractivity contribution in [1.29, 1.82) is 0 Å². The van der Waals surface area contributed by atoms with Crippen LogP contribution in [0.15, 0.2) is 18.2 Å². The Hall–Kier alpha value is -1.13. The van der Waals surface area contributed by atoms with Gasteiger partial charge in [0, 0.05) is 12.6 Å². The Morgan fingerprint density at radius 2 is 2.11 bits per heavy atom. The van der Waals surface area contributed by atoms with Crippen LogP contribution in [0.5, 0.6) is 0 Å². The average Bonchev–Trinajstić information content (AvgIpc) is 3.02. The van der Waals surface area contributed by atoms with Crippen LogP contribution in [0.25, 0.3) is 11.0 Å². The summed E-state index contributed by atoms with van der Waals surface area (Å²) in [5.74, 6) is 0. The largest absolute Gasteiger partial charge is 0.331 e. The molecule has 1 aromatic heterocycles. The number of para-hydroxylation sites is 1. The molecule has 2 atom stereocenters. The van der Waals surface area contributed by atoms with Gasteiger partial charge in [-0.3, -0.25) is 4.90 Å². The number of aryl methyl sites for hydroxylation is 1. The van der Waals surface area contributed by atoms with Gasteiger partial charge in [-0.25, -0.2) is 0 Å². The molecule has 0 bridgehead atoms. The molecule has 0 spiro atoms. The zero-order valence-electron chi connectivity index (χ0n) is 11.2. The molecule has 4 rings (SSSR count). The predicted octanol–water partition coefficient (Wildman–Crippen LogP) is 3.42. The first-order valence-electron chi connectivity index (χ1n) is 7.19. The van der Waals surface area contributed by atoms with Crippen molar-refractivity contribution < 1.29 is 0 Å². The molecule has 0 saturated carbocycles. The highest BCUT2D eigenvalue weighted by molar-refractivity contribution is 7.71. The van der Waals surface area contributed by atoms with Crippen molar-refractivity contribution in [2.75, 3.05) is 13.1 Å². The molecule has 0 amide bonds. The summed E-state index contributed by atoms with van der Waals surface area (Å²) >= 11 is 5.60. The van der Waals surface area contributed by atoms with E-state index in [1.54, 1.807) is 0 Å². The Morgan fingerprint density at radius 1 is 1.21 bits per heavy atom. The summed E-state index contributed by atoms with van der Waals surface area (Å²) in [5.41, 5.74) is 3.81. The van der Waals surface area contributed by atoms with Crippen LogP contribution >= 0.6 is 12.2 Å². The Labute approximate surface area is 118 Å². The molecule has 1 aromatic carbocycles. The van der Waals surface area contributed by atoms with Crippen molar-refractivity contribution in [2.45, 2.75) is 38.3 Å². The number of rotatable bonds is 1. The van der Waals surface area contributed by atoms with Crippen LogP contribution < -0.4 is 0 Å². The van der Waals surface area contributed by atoms with Gasteiger partial charge in [0.1, 0.15) is 0 Å². The van der Waals surface area contributed by atoms with Gasteiger partial charge < -0.3 is 9.55 Å². The number of nitrogens with zero attached hydrogens (tertiary/aromatic N) is 2. The first kappa shape index (κ1) is 11.7. The monoisotopic (exact) mass is 273 g/mol. The normalized spacial score (nSPS) is 27.2. The fourth-order valence-corrected chi connectivity index (χ4v) is 4.37. The van der Waals surface area contributed by atoms with Crippen molar-refractivity contribution in [2.24, 2.45) is 0 Å². The van der Waals surface area contributed by atoms with Gasteiger partial charge in [0.15, 0.2) is 4.77 Å². The maximum Gasteiger partial charge on any atom is 0.178 e. The molecule has 3 nitrogen and oxygen atoms in total. The van der Waals surface area contributed by atoms with Crippen molar-refractivity contribution in [3.63, 3.8) is 0 Å². The fraction of sp³-hybridized carbons (Fsp3) is 0.533. The molecule has 3 heterocycles. The minimum absolute atomic E-state index is 0.560. The van der Waals surface area contributed by atoms with E-state index >= 15 is 0 Å². The van der Waals surface area contributed by atoms with Crippen molar-refractivity contribution in [1.82, 2.24) is 14.5 Å². The number of benzene rings is 1. The minimum atomic E-state index is 0.560. The molecule has 2 aliphatic rings. The number of aromatic nitrogens is 2. The third kappa shape index (κ3) is 1.63. The summed E-state index contributed by atoms with van der Waals surface area (Å²) in [6.45, 7) is 4.69. The predicted molar refractivity (Wildman–Crippen MR) is 80.1 cm³/mol. The Bertz CT molecular complexity index is 684. The Morgan fingerprint density at radius 3 is 3.00 bits per heavy atom. The van der Waals surface area contributed by atoms with Crippen LogP contribution in [0.2, 0.25) is 0 Å². The fourth-order valence-electron chi connectivity index (χ4n) is 4.03. The highest BCUT2D eigenvalue weighted by Gasteiger charge is 2.38. The number of fused-ring (bicyclic) bond motifs is 2. The van der Waals surface area contributed by atoms with Gasteiger partial charge in [0.2, 0.25) is 0 Å². The quantitative estimate of drug-likeness (QED) is 0.805. The molecule has 2 unspecified atom stereocenters. The average molecular weight is 273 g/mol. The second-order valence-corrected chi connectivity index (χ2v) is 6.26. The minimum Gasteiger partial charge on any atom is -0.331 e. The molecule has 2 aromatic rings. The van der Waals surface area contributed by atoms with E-state index in [4.69, 9.17) is 12.2 Å². The molecule has 4 heteroatoms. The number of H-pyrrole nitrogens is 1. The van der Waals surface area contributed by atoms with Crippen LogP contribution in [0.3, 0.4) is 0 Å². The number of nitrogens with one attached hydrogen (secondary N) is 1. The highest BCUT2D eigenvalue weighted by atomic mass is 32.1. The van der Waals surface area contributed by atoms with E-state index in [0.29, 0.717) is 12.1 Å². The Kier molecular flexibility index (Phi) is 2.57. The highest BCUT2D eigenvalue weighted by Crippen LogP contribution is 2.38. The maximum absolute atomic E-state index is 5.60. The van der Waals surface area contributed by atoms with Crippen LogP contribution in [-0.2, 0) is 0 Å². The molecule has 100 valence electrons. The third-order valence-corrected chi connectivity index (χ3v) is 5.14. The van der Waals surface area contributed by atoms with Crippen LogP contribution in [0.1, 0.15) is 30.9 Å². The van der Waals surface area contributed by atoms with Gasteiger partial charge >= 0.3 is 0 Å². The standard InChI is InChI=1S/C15H19N3S/c1-10-4-2-5-11-14(10)18(15(19)16-11)13-7-9-17-8-3-6-12(13)17/h2,4-5,12-13H,3,6-9H2,1H3,(H,16,19). The van der Waals surface area contributed by atoms with Crippen molar-refractivity contribution in [3.05, 3.63) is 28.5 Å². The van der Waals surface area contributed by atoms with Gasteiger partial charge in [-0.05, 0) is 56.6 Å². The zero-order valence-corrected chi connectivity index (χ0v) is 12.0. The molecule has 0 aliphatic carbocycles. The lowest BCUT2D eigenvalue weighted by atomic mass is 10.1. The first-order valence-corrected chi connectivity index (χ1v) is 7.60. The Balaban J connectivity index is 1.91. The number of aromatic amines is 1. The molecular weight excluding hydrogens is 254 g/mol. The van der Waals surface area contributed by atoms with Crippen LogP contribution in [0, 0.1) is 11.7 Å². The van der Waals surface area contributed by atoms with Gasteiger partial charge in [0.25, 0.3) is 0 Å². The van der Waals surface area contributed by atoms with Crippen LogP contribution in [0.4, 0.5) is 0 Å². The van der Waals surface area contributed by atoms with Gasteiger partial charge in [-0.15, -0.1) is 0 Å². The van der Waals surface area contributed by atoms with Crippen molar-refractivity contribution in [3.8, 4) is 0 Å². The van der Waals surface area contributed by atoms with Crippen molar-refractivity contribution >= 4 is 23.3 Å². The SMILES string of the molecule is Cc1cccc2[nH]c(=S)n(C3CCN4CCCC34)c12. The molecule has 0 radical (unpaired) electrons. The molecule has 2 saturated heterocycles. The molecular formula is C15H19N3S. The summed E-state index contributed by atoms with van der Waals surface area (Å²) in [5, 5.41) is 0. The summed E-state index contributed by atoms with van der Waals surface area (Å²) in [6.07, 6.45) is 3.90. The zero-order chi connectivity index (χ0) is 13.0. The van der Waals surface area contributed by atoms with Gasteiger partial charge in [-0.2, -0.15) is 0 Å². The lowest BCUT2D eigenvalue weighted by molar-refractivity contribution is 0.291. The van der Waals surface area contributed by atoms with E-state index in [9.17, 15) is 0 Å². The topological polar surface area (TPSA) is 24.0 Å². The van der Waals surface area contributed by atoms with Crippen LogP contribution in [-0.4, -0.2) is 33.6 Å². The summed E-state index contributed by atoms with van der Waals surface area (Å²) in [7, 11) is 0. The lowest BCUT2D eigenvalue weighted by Crippen LogP contribution is -2.27. The van der Waals surface area contributed by atoms with Gasteiger partial charge in [-0.1, -0.05) is 12.1 Å². The lowest BCUT2D eigenvalue weighted by Gasteiger charge is -2.22. The van der Waals surface area contributed by atoms with E-state index in [-0.39, 0.29) is 0 Å². The van der Waals surface area contributed by atoms with E-state index < -0.39 is 0 Å². The number of hydrogen-bond acceptors (Lipinski definition) is 2.